The quantitative estimate of drug-likeness (QED) is 0.136. The van der Waals surface area contributed by atoms with Crippen LogP contribution in [-0.2, 0) is 14.4 Å². The summed E-state index contributed by atoms with van der Waals surface area (Å²) in [6.07, 6.45) is -2.01. The minimum absolute atomic E-state index is 0.0735. The highest BCUT2D eigenvalue weighted by Crippen LogP contribution is 1.99. The van der Waals surface area contributed by atoms with Crippen LogP contribution in [0.1, 0.15) is 13.3 Å². The van der Waals surface area contributed by atoms with Gasteiger partial charge in [0.25, 0.3) is 5.91 Å². The van der Waals surface area contributed by atoms with Crippen LogP contribution < -0.4 is 27.5 Å². The molecule has 0 aromatic heterocycles. The number of likely N-dealkylation sites (N-methyl/N-ethyl adjacent to an activating group) is 1. The number of nitrogens with one attached hydrogen (secondary N) is 3. The molecule has 0 radical (unpaired) electrons. The SMILES string of the molecule is CC(O)[C@H](NC(=O)N[C@@H](CC(N)=O)C(=O)N(C)NC(=S)[C@@H](N)CO)C(=O)O. The number of carboxylic acids is 1. The average molecular weight is 408 g/mol. The number of aliphatic hydroxyl groups is 2. The van der Waals surface area contributed by atoms with Gasteiger partial charge in [0.15, 0.2) is 6.04 Å². The molecule has 4 atom stereocenters. The zero-order valence-corrected chi connectivity index (χ0v) is 15.5. The molecule has 27 heavy (non-hydrogen) atoms. The Morgan fingerprint density at radius 2 is 1.78 bits per heavy atom. The Bertz CT molecular complexity index is 588. The largest absolute Gasteiger partial charge is 0.480 e. The van der Waals surface area contributed by atoms with E-state index >= 15 is 0 Å². The first-order valence-corrected chi connectivity index (χ1v) is 8.02. The van der Waals surface area contributed by atoms with Crippen LogP contribution >= 0.6 is 12.2 Å². The van der Waals surface area contributed by atoms with Crippen LogP contribution in [0.15, 0.2) is 0 Å². The van der Waals surface area contributed by atoms with E-state index in [2.05, 4.69) is 10.7 Å². The first-order chi connectivity index (χ1) is 12.4. The Morgan fingerprint density at radius 1 is 1.22 bits per heavy atom. The number of hydrogen-bond acceptors (Lipinski definition) is 8. The minimum atomic E-state index is -1.64. The Kier molecular flexibility index (Phi) is 10.2. The van der Waals surface area contributed by atoms with Crippen molar-refractivity contribution in [2.75, 3.05) is 13.7 Å². The van der Waals surface area contributed by atoms with E-state index in [1.54, 1.807) is 0 Å². The lowest BCUT2D eigenvalue weighted by Gasteiger charge is -2.27. The van der Waals surface area contributed by atoms with Crippen molar-refractivity contribution in [1.29, 1.82) is 0 Å². The van der Waals surface area contributed by atoms with Crippen molar-refractivity contribution in [3.8, 4) is 0 Å². The molecule has 0 aliphatic carbocycles. The standard InChI is InChI=1S/C13H24N6O7S/c1-5(21)9(12(24)25)17-13(26)16-7(3-8(15)22)11(23)19(2)18-10(27)6(14)4-20/h5-7,9,20-21H,3-4,14H2,1-2H3,(H2,15,22)(H,18,27)(H,24,25)(H2,16,17,26)/t5?,6-,7-,9-/m0/s1. The Labute approximate surface area is 160 Å². The second-order valence-corrected chi connectivity index (χ2v) is 6.00. The van der Waals surface area contributed by atoms with Crippen LogP contribution in [0.2, 0.25) is 0 Å². The third kappa shape index (κ3) is 8.59. The van der Waals surface area contributed by atoms with Gasteiger partial charge < -0.3 is 37.4 Å². The summed E-state index contributed by atoms with van der Waals surface area (Å²) in [7, 11) is 1.22. The van der Waals surface area contributed by atoms with Gasteiger partial charge in [-0.05, 0) is 6.92 Å². The number of carboxylic acid groups (broad SMARTS) is 1. The average Bonchev–Trinajstić information content (AvgIpc) is 2.56. The van der Waals surface area contributed by atoms with E-state index in [0.29, 0.717) is 0 Å². The Morgan fingerprint density at radius 3 is 2.19 bits per heavy atom. The Balaban J connectivity index is 5.12. The maximum atomic E-state index is 12.4. The van der Waals surface area contributed by atoms with Crippen LogP contribution in [0, 0.1) is 0 Å². The van der Waals surface area contributed by atoms with Crippen molar-refractivity contribution in [1.82, 2.24) is 21.1 Å². The monoisotopic (exact) mass is 408 g/mol. The number of carbonyl (C=O) groups excluding carboxylic acids is 3. The molecule has 0 saturated heterocycles. The molecule has 0 heterocycles. The highest BCUT2D eigenvalue weighted by atomic mass is 32.1. The van der Waals surface area contributed by atoms with Crippen molar-refractivity contribution in [3.63, 3.8) is 0 Å². The summed E-state index contributed by atoms with van der Waals surface area (Å²) in [5.74, 6) is -3.26. The van der Waals surface area contributed by atoms with Crippen molar-refractivity contribution < 1.29 is 34.5 Å². The Hall–Kier alpha value is -2.55. The number of hydrogen-bond donors (Lipinski definition) is 8. The van der Waals surface area contributed by atoms with Gasteiger partial charge in [-0.2, -0.15) is 0 Å². The lowest BCUT2D eigenvalue weighted by atomic mass is 10.1. The number of carbonyl (C=O) groups is 4. The maximum Gasteiger partial charge on any atom is 0.328 e. The lowest BCUT2D eigenvalue weighted by molar-refractivity contribution is -0.141. The van der Waals surface area contributed by atoms with Gasteiger partial charge in [-0.15, -0.1) is 0 Å². The predicted molar refractivity (Wildman–Crippen MR) is 95.9 cm³/mol. The molecule has 0 saturated carbocycles. The highest BCUT2D eigenvalue weighted by Gasteiger charge is 2.30. The lowest BCUT2D eigenvalue weighted by Crippen LogP contribution is -2.59. The van der Waals surface area contributed by atoms with E-state index in [0.717, 1.165) is 11.9 Å². The molecule has 154 valence electrons. The topological polar surface area (TPSA) is 220 Å². The van der Waals surface area contributed by atoms with Crippen LogP contribution in [0.25, 0.3) is 0 Å². The van der Waals surface area contributed by atoms with E-state index in [-0.39, 0.29) is 4.99 Å². The van der Waals surface area contributed by atoms with Crippen LogP contribution in [0.3, 0.4) is 0 Å². The van der Waals surface area contributed by atoms with Gasteiger partial charge in [-0.3, -0.25) is 20.0 Å². The summed E-state index contributed by atoms with van der Waals surface area (Å²) >= 11 is 4.87. The summed E-state index contributed by atoms with van der Waals surface area (Å²) < 4.78 is 0. The highest BCUT2D eigenvalue weighted by molar-refractivity contribution is 7.80. The number of nitrogens with two attached hydrogens (primary N) is 2. The van der Waals surface area contributed by atoms with Crippen LogP contribution in [0.5, 0.6) is 0 Å². The van der Waals surface area contributed by atoms with E-state index in [1.165, 1.54) is 7.05 Å². The second-order valence-electron chi connectivity index (χ2n) is 5.56. The van der Waals surface area contributed by atoms with Crippen LogP contribution in [0.4, 0.5) is 4.79 Å². The number of amides is 4. The molecule has 0 bridgehead atoms. The van der Waals surface area contributed by atoms with Crippen molar-refractivity contribution >= 4 is 41.0 Å². The van der Waals surface area contributed by atoms with Gasteiger partial charge in [0.2, 0.25) is 5.91 Å². The second kappa shape index (κ2) is 11.2. The minimum Gasteiger partial charge on any atom is -0.480 e. The van der Waals surface area contributed by atoms with Crippen molar-refractivity contribution in [3.05, 3.63) is 0 Å². The van der Waals surface area contributed by atoms with Crippen LogP contribution in [-0.4, -0.2) is 87.0 Å². The molecule has 0 aliphatic rings. The summed E-state index contributed by atoms with van der Waals surface area (Å²) in [4.78, 5) is 46.4. The summed E-state index contributed by atoms with van der Waals surface area (Å²) in [6, 6.07) is -5.16. The van der Waals surface area contributed by atoms with E-state index in [4.69, 9.17) is 33.9 Å². The number of nitrogens with zero attached hydrogens (tertiary/aromatic N) is 1. The first kappa shape index (κ1) is 24.5. The molecule has 0 aromatic carbocycles. The zero-order chi connectivity index (χ0) is 21.3. The molecule has 0 fully saturated rings. The van der Waals surface area contributed by atoms with E-state index in [1.807, 2.05) is 5.32 Å². The predicted octanol–water partition coefficient (Wildman–Crippen LogP) is -4.03. The zero-order valence-electron chi connectivity index (χ0n) is 14.7. The molecule has 1 unspecified atom stereocenters. The number of aliphatic carboxylic acids is 1. The molecular formula is C13H24N6O7S. The number of urea groups is 1. The third-order valence-corrected chi connectivity index (χ3v) is 3.58. The van der Waals surface area contributed by atoms with Gasteiger partial charge >= 0.3 is 12.0 Å². The smallest absolute Gasteiger partial charge is 0.328 e. The molecule has 0 rings (SSSR count). The fraction of sp³-hybridized carbons (Fsp3) is 0.615. The molecule has 0 aromatic rings. The number of thiocarbonyl (C=S) groups is 1. The fourth-order valence-electron chi connectivity index (χ4n) is 1.75. The van der Waals surface area contributed by atoms with Gasteiger partial charge in [-0.25, -0.2) is 9.59 Å². The normalized spacial score (nSPS) is 14.9. The first-order valence-electron chi connectivity index (χ1n) is 7.61. The molecule has 10 N–H and O–H groups in total. The number of hydrazine groups is 1. The summed E-state index contributed by atoms with van der Waals surface area (Å²) in [6.45, 7) is 0.670. The van der Waals surface area contributed by atoms with Gasteiger partial charge in [-0.1, -0.05) is 12.2 Å². The molecule has 13 nitrogen and oxygen atoms in total. The van der Waals surface area contributed by atoms with Gasteiger partial charge in [0.1, 0.15) is 11.0 Å². The van der Waals surface area contributed by atoms with E-state index < -0.39 is 61.1 Å². The summed E-state index contributed by atoms with van der Waals surface area (Å²) in [5.41, 5.74) is 13.0. The third-order valence-electron chi connectivity index (χ3n) is 3.19. The van der Waals surface area contributed by atoms with Crippen molar-refractivity contribution in [2.45, 2.75) is 37.6 Å². The molecule has 14 heteroatoms. The number of primary amides is 1. The molecule has 0 spiro atoms. The maximum absolute atomic E-state index is 12.4. The van der Waals surface area contributed by atoms with Gasteiger partial charge in [0, 0.05) is 7.05 Å². The molecule has 4 amide bonds. The number of rotatable bonds is 9. The summed E-state index contributed by atoms with van der Waals surface area (Å²) in [5, 5.41) is 32.1. The molecular weight excluding hydrogens is 384 g/mol. The van der Waals surface area contributed by atoms with Gasteiger partial charge in [0.05, 0.1) is 25.2 Å². The van der Waals surface area contributed by atoms with E-state index in [9.17, 15) is 24.3 Å². The van der Waals surface area contributed by atoms with Crippen molar-refractivity contribution in [2.24, 2.45) is 11.5 Å². The fourth-order valence-corrected chi connectivity index (χ4v) is 1.96. The molecule has 0 aliphatic heterocycles. The number of aliphatic hydroxyl groups excluding tert-OH is 2.